The van der Waals surface area contributed by atoms with Crippen LogP contribution in [0.4, 0.5) is 10.5 Å². The molecule has 2 aromatic rings. The Kier molecular flexibility index (Phi) is 4.92. The van der Waals surface area contributed by atoms with Crippen LogP contribution in [0.3, 0.4) is 0 Å². The molecule has 2 rings (SSSR count). The fraction of sp³-hybridized carbons (Fsp3) is 0.133. The van der Waals surface area contributed by atoms with Crippen molar-refractivity contribution in [3.05, 3.63) is 64.2 Å². The molecule has 0 saturated heterocycles. The van der Waals surface area contributed by atoms with Gasteiger partial charge in [-0.1, -0.05) is 12.1 Å². The topological polar surface area (TPSA) is 87.9 Å². The van der Waals surface area contributed by atoms with E-state index in [1.807, 2.05) is 0 Å². The molecule has 0 aliphatic heterocycles. The second-order valence-corrected chi connectivity index (χ2v) is 4.24. The molecule has 0 N–H and O–H groups in total. The van der Waals surface area contributed by atoms with E-state index in [2.05, 4.69) is 0 Å². The number of hydrogen-bond acceptors (Lipinski definition) is 6. The molecule has 0 radical (unpaired) electrons. The number of nitro groups is 1. The summed E-state index contributed by atoms with van der Waals surface area (Å²) in [5.41, 5.74) is 0.664. The fourth-order valence-corrected chi connectivity index (χ4v) is 1.67. The molecule has 0 saturated carbocycles. The average molecular weight is 303 g/mol. The molecule has 7 heteroatoms. The van der Waals surface area contributed by atoms with E-state index in [1.165, 1.54) is 24.3 Å². The highest BCUT2D eigenvalue weighted by Gasteiger charge is 2.09. The lowest BCUT2D eigenvalue weighted by atomic mass is 10.2. The Balaban J connectivity index is 1.88. The fourth-order valence-electron chi connectivity index (χ4n) is 1.67. The van der Waals surface area contributed by atoms with Crippen molar-refractivity contribution < 1.29 is 23.9 Å². The molecule has 0 fully saturated rings. The maximum atomic E-state index is 11.5. The molecule has 0 aliphatic carbocycles. The van der Waals surface area contributed by atoms with Crippen molar-refractivity contribution in [3.8, 4) is 11.5 Å². The molecular weight excluding hydrogens is 290 g/mol. The van der Waals surface area contributed by atoms with Crippen molar-refractivity contribution in [2.75, 3.05) is 7.11 Å². The van der Waals surface area contributed by atoms with E-state index >= 15 is 0 Å². The molecule has 2 aromatic carbocycles. The smallest absolute Gasteiger partial charge is 0.497 e. The van der Waals surface area contributed by atoms with Gasteiger partial charge in [0.25, 0.3) is 5.69 Å². The zero-order valence-corrected chi connectivity index (χ0v) is 11.7. The highest BCUT2D eigenvalue weighted by atomic mass is 16.7. The Bertz CT molecular complexity index is 668. The summed E-state index contributed by atoms with van der Waals surface area (Å²) in [6.07, 6.45) is -0.892. The first kappa shape index (κ1) is 15.3. The molecule has 22 heavy (non-hydrogen) atoms. The molecule has 0 aliphatic rings. The maximum Gasteiger partial charge on any atom is 0.514 e. The van der Waals surface area contributed by atoms with E-state index in [-0.39, 0.29) is 18.0 Å². The number of nitro benzene ring substituents is 1. The summed E-state index contributed by atoms with van der Waals surface area (Å²) in [5.74, 6) is 0.825. The van der Waals surface area contributed by atoms with Gasteiger partial charge in [-0.25, -0.2) is 4.79 Å². The first-order valence-electron chi connectivity index (χ1n) is 6.30. The molecule has 0 unspecified atom stereocenters. The minimum atomic E-state index is -0.892. The number of benzene rings is 2. The van der Waals surface area contributed by atoms with Crippen LogP contribution in [0.1, 0.15) is 5.56 Å². The monoisotopic (exact) mass is 303 g/mol. The van der Waals surface area contributed by atoms with Gasteiger partial charge in [0.1, 0.15) is 18.1 Å². The standard InChI is InChI=1S/C15H13NO6/c1-20-14-4-2-3-11(9-14)10-21-15(17)22-13-7-5-12(6-8-13)16(18)19/h2-9H,10H2,1H3. The van der Waals surface area contributed by atoms with Crippen molar-refractivity contribution in [2.24, 2.45) is 0 Å². The van der Waals surface area contributed by atoms with Crippen molar-refractivity contribution in [1.82, 2.24) is 0 Å². The van der Waals surface area contributed by atoms with E-state index in [4.69, 9.17) is 14.2 Å². The summed E-state index contributed by atoms with van der Waals surface area (Å²) in [6.45, 7) is 0.0308. The Morgan fingerprint density at radius 3 is 2.50 bits per heavy atom. The van der Waals surface area contributed by atoms with Crippen molar-refractivity contribution in [2.45, 2.75) is 6.61 Å². The molecule has 0 heterocycles. The number of carbonyl (C=O) groups is 1. The zero-order valence-electron chi connectivity index (χ0n) is 11.7. The minimum Gasteiger partial charge on any atom is -0.497 e. The first-order valence-corrected chi connectivity index (χ1v) is 6.30. The van der Waals surface area contributed by atoms with E-state index < -0.39 is 11.1 Å². The number of hydrogen-bond donors (Lipinski definition) is 0. The summed E-state index contributed by atoms with van der Waals surface area (Å²) in [6, 6.07) is 12.2. The van der Waals surface area contributed by atoms with E-state index in [0.717, 1.165) is 5.56 Å². The Morgan fingerprint density at radius 2 is 1.86 bits per heavy atom. The van der Waals surface area contributed by atoms with Crippen LogP contribution in [-0.2, 0) is 11.3 Å². The quantitative estimate of drug-likeness (QED) is 0.364. The highest BCUT2D eigenvalue weighted by Crippen LogP contribution is 2.18. The number of carbonyl (C=O) groups excluding carboxylic acids is 1. The van der Waals surface area contributed by atoms with Crippen molar-refractivity contribution in [1.29, 1.82) is 0 Å². The van der Waals surface area contributed by atoms with Crippen LogP contribution in [0, 0.1) is 10.1 Å². The van der Waals surface area contributed by atoms with Crippen LogP contribution in [0.25, 0.3) is 0 Å². The first-order chi connectivity index (χ1) is 10.6. The van der Waals surface area contributed by atoms with E-state index in [1.54, 1.807) is 31.4 Å². The van der Waals surface area contributed by atoms with Gasteiger partial charge in [0.2, 0.25) is 0 Å². The second-order valence-electron chi connectivity index (χ2n) is 4.24. The van der Waals surface area contributed by atoms with Gasteiger partial charge in [-0.15, -0.1) is 0 Å². The van der Waals surface area contributed by atoms with Crippen LogP contribution in [0.5, 0.6) is 11.5 Å². The minimum absolute atomic E-state index is 0.0308. The van der Waals surface area contributed by atoms with Gasteiger partial charge in [-0.3, -0.25) is 10.1 Å². The molecule has 7 nitrogen and oxygen atoms in total. The van der Waals surface area contributed by atoms with Gasteiger partial charge in [0.05, 0.1) is 12.0 Å². The third kappa shape index (κ3) is 4.20. The Labute approximate surface area is 126 Å². The van der Waals surface area contributed by atoms with Gasteiger partial charge in [-0.05, 0) is 29.8 Å². The molecular formula is C15H13NO6. The average Bonchev–Trinajstić information content (AvgIpc) is 2.53. The van der Waals surface area contributed by atoms with Gasteiger partial charge in [-0.2, -0.15) is 0 Å². The van der Waals surface area contributed by atoms with Gasteiger partial charge in [0, 0.05) is 12.1 Å². The molecule has 0 bridgehead atoms. The van der Waals surface area contributed by atoms with E-state index in [0.29, 0.717) is 5.75 Å². The zero-order chi connectivity index (χ0) is 15.9. The Morgan fingerprint density at radius 1 is 1.14 bits per heavy atom. The van der Waals surface area contributed by atoms with Crippen LogP contribution >= 0.6 is 0 Å². The number of ether oxygens (including phenoxy) is 3. The van der Waals surface area contributed by atoms with Crippen molar-refractivity contribution >= 4 is 11.8 Å². The molecule has 0 aromatic heterocycles. The Hall–Kier alpha value is -3.09. The van der Waals surface area contributed by atoms with Crippen LogP contribution in [0.15, 0.2) is 48.5 Å². The lowest BCUT2D eigenvalue weighted by molar-refractivity contribution is -0.384. The van der Waals surface area contributed by atoms with Crippen LogP contribution < -0.4 is 9.47 Å². The molecule has 0 atom stereocenters. The molecule has 0 spiro atoms. The van der Waals surface area contributed by atoms with E-state index in [9.17, 15) is 14.9 Å². The largest absolute Gasteiger partial charge is 0.514 e. The van der Waals surface area contributed by atoms with Crippen LogP contribution in [0.2, 0.25) is 0 Å². The number of non-ortho nitro benzene ring substituents is 1. The summed E-state index contributed by atoms with van der Waals surface area (Å²) in [7, 11) is 1.54. The van der Waals surface area contributed by atoms with Crippen LogP contribution in [-0.4, -0.2) is 18.2 Å². The number of methoxy groups -OCH3 is 1. The highest BCUT2D eigenvalue weighted by molar-refractivity contribution is 5.64. The maximum absolute atomic E-state index is 11.5. The van der Waals surface area contributed by atoms with Gasteiger partial charge >= 0.3 is 6.16 Å². The third-order valence-corrected chi connectivity index (χ3v) is 2.74. The summed E-state index contributed by atoms with van der Waals surface area (Å²) in [5, 5.41) is 10.5. The van der Waals surface area contributed by atoms with Gasteiger partial charge in [0.15, 0.2) is 0 Å². The molecule has 114 valence electrons. The second kappa shape index (κ2) is 7.07. The third-order valence-electron chi connectivity index (χ3n) is 2.74. The number of nitrogens with zero attached hydrogens (tertiary/aromatic N) is 1. The molecule has 0 amide bonds. The SMILES string of the molecule is COc1cccc(COC(=O)Oc2ccc([N+](=O)[O-])cc2)c1. The van der Waals surface area contributed by atoms with Crippen molar-refractivity contribution in [3.63, 3.8) is 0 Å². The number of rotatable bonds is 5. The predicted octanol–water partition coefficient (Wildman–Crippen LogP) is 3.32. The normalized spacial score (nSPS) is 9.86. The predicted molar refractivity (Wildman–Crippen MR) is 76.9 cm³/mol. The summed E-state index contributed by atoms with van der Waals surface area (Å²) < 4.78 is 14.9. The lowest BCUT2D eigenvalue weighted by Gasteiger charge is -2.07. The van der Waals surface area contributed by atoms with Gasteiger partial charge < -0.3 is 14.2 Å². The lowest BCUT2D eigenvalue weighted by Crippen LogP contribution is -2.10. The summed E-state index contributed by atoms with van der Waals surface area (Å²) >= 11 is 0. The summed E-state index contributed by atoms with van der Waals surface area (Å²) in [4.78, 5) is 21.5.